The van der Waals surface area contributed by atoms with E-state index in [1.807, 2.05) is 0 Å². The van der Waals surface area contributed by atoms with Gasteiger partial charge in [0, 0.05) is 17.1 Å². The highest BCUT2D eigenvalue weighted by atomic mass is 35.5. The number of hydrogen-bond acceptors (Lipinski definition) is 2. The lowest BCUT2D eigenvalue weighted by Crippen LogP contribution is -2.35. The van der Waals surface area contributed by atoms with E-state index < -0.39 is 0 Å². The van der Waals surface area contributed by atoms with Gasteiger partial charge in [0.05, 0.1) is 19.3 Å². The molecule has 0 aliphatic carbocycles. The first-order valence-corrected chi connectivity index (χ1v) is 4.91. The average Bonchev–Trinajstić information content (AvgIpc) is 2.19. The summed E-state index contributed by atoms with van der Waals surface area (Å²) in [6.45, 7) is 1.96. The number of ether oxygens (including phenoxy) is 1. The third-order valence-corrected chi connectivity index (χ3v) is 2.49. The molecule has 1 fully saturated rings. The summed E-state index contributed by atoms with van der Waals surface area (Å²) in [5.74, 6) is -0.277. The monoisotopic (exact) mass is 251 g/mol. The number of benzene rings is 1. The van der Waals surface area contributed by atoms with E-state index in [4.69, 9.17) is 16.3 Å². The van der Waals surface area contributed by atoms with Crippen LogP contribution >= 0.6 is 24.0 Å². The van der Waals surface area contributed by atoms with Gasteiger partial charge in [-0.15, -0.1) is 12.4 Å². The molecule has 0 amide bonds. The van der Waals surface area contributed by atoms with Gasteiger partial charge < -0.3 is 10.1 Å². The van der Waals surface area contributed by atoms with Crippen molar-refractivity contribution in [1.82, 2.24) is 5.32 Å². The van der Waals surface area contributed by atoms with Crippen LogP contribution in [0, 0.1) is 5.82 Å². The molecule has 5 heteroatoms. The van der Waals surface area contributed by atoms with Crippen molar-refractivity contribution in [2.75, 3.05) is 19.8 Å². The minimum absolute atomic E-state index is 0. The van der Waals surface area contributed by atoms with Crippen molar-refractivity contribution < 1.29 is 9.13 Å². The van der Waals surface area contributed by atoms with Crippen molar-refractivity contribution in [2.45, 2.75) is 6.04 Å². The average molecular weight is 252 g/mol. The van der Waals surface area contributed by atoms with Crippen LogP contribution in [0.2, 0.25) is 5.02 Å². The van der Waals surface area contributed by atoms with E-state index in [0.29, 0.717) is 23.8 Å². The molecule has 1 aromatic carbocycles. The Kier molecular flexibility index (Phi) is 4.80. The molecule has 1 aliphatic rings. The standard InChI is InChI=1S/C10H11ClFNO.ClH/c11-7-1-2-8(9(12)5-7)10-6-14-4-3-13-10;/h1-2,5,10,13H,3-4,6H2;1H/t10-;/m1./s1. The van der Waals surface area contributed by atoms with Crippen molar-refractivity contribution in [2.24, 2.45) is 0 Å². The zero-order valence-electron chi connectivity index (χ0n) is 8.00. The quantitative estimate of drug-likeness (QED) is 0.829. The Balaban J connectivity index is 0.00000112. The van der Waals surface area contributed by atoms with Crippen LogP contribution in [0.1, 0.15) is 11.6 Å². The van der Waals surface area contributed by atoms with Gasteiger partial charge in [-0.3, -0.25) is 0 Å². The first-order valence-electron chi connectivity index (χ1n) is 4.53. The van der Waals surface area contributed by atoms with Crippen LogP contribution in [-0.4, -0.2) is 19.8 Å². The molecule has 0 spiro atoms. The summed E-state index contributed by atoms with van der Waals surface area (Å²) in [6.07, 6.45) is 0. The highest BCUT2D eigenvalue weighted by molar-refractivity contribution is 6.30. The maximum absolute atomic E-state index is 13.5. The van der Waals surface area contributed by atoms with Crippen LogP contribution in [0.15, 0.2) is 18.2 Å². The molecule has 1 atom stereocenters. The zero-order chi connectivity index (χ0) is 9.97. The summed E-state index contributed by atoms with van der Waals surface area (Å²) in [5, 5.41) is 3.61. The molecule has 0 bridgehead atoms. The van der Waals surface area contributed by atoms with Crippen LogP contribution in [0.5, 0.6) is 0 Å². The molecule has 1 heterocycles. The Labute approximate surface area is 99.2 Å². The van der Waals surface area contributed by atoms with Gasteiger partial charge in [0.2, 0.25) is 0 Å². The Bertz CT molecular complexity index is 329. The van der Waals surface area contributed by atoms with Crippen LogP contribution in [-0.2, 0) is 4.74 Å². The van der Waals surface area contributed by atoms with E-state index in [2.05, 4.69) is 5.32 Å². The topological polar surface area (TPSA) is 21.3 Å². The Morgan fingerprint density at radius 1 is 1.47 bits per heavy atom. The van der Waals surface area contributed by atoms with Crippen LogP contribution in [0.25, 0.3) is 0 Å². The normalized spacial score (nSPS) is 20.8. The molecule has 84 valence electrons. The molecule has 0 unspecified atom stereocenters. The number of nitrogens with one attached hydrogen (secondary N) is 1. The molecule has 0 saturated carbocycles. The van der Waals surface area contributed by atoms with Crippen molar-refractivity contribution in [1.29, 1.82) is 0 Å². The molecule has 1 aliphatic heterocycles. The number of halogens is 3. The Morgan fingerprint density at radius 2 is 2.27 bits per heavy atom. The van der Waals surface area contributed by atoms with Gasteiger partial charge in [0.1, 0.15) is 5.82 Å². The second-order valence-electron chi connectivity index (χ2n) is 3.25. The van der Waals surface area contributed by atoms with Gasteiger partial charge in [-0.25, -0.2) is 4.39 Å². The van der Waals surface area contributed by atoms with E-state index in [0.717, 1.165) is 6.54 Å². The van der Waals surface area contributed by atoms with E-state index in [-0.39, 0.29) is 24.3 Å². The Hall–Kier alpha value is -0.350. The van der Waals surface area contributed by atoms with Crippen molar-refractivity contribution in [3.63, 3.8) is 0 Å². The van der Waals surface area contributed by atoms with Gasteiger partial charge in [-0.05, 0) is 12.1 Å². The second kappa shape index (κ2) is 5.66. The van der Waals surface area contributed by atoms with Crippen molar-refractivity contribution >= 4 is 24.0 Å². The highest BCUT2D eigenvalue weighted by Crippen LogP contribution is 2.22. The molecular weight excluding hydrogens is 240 g/mol. The largest absolute Gasteiger partial charge is 0.378 e. The highest BCUT2D eigenvalue weighted by Gasteiger charge is 2.18. The van der Waals surface area contributed by atoms with Gasteiger partial charge >= 0.3 is 0 Å². The molecule has 0 radical (unpaired) electrons. The number of morpholine rings is 1. The number of rotatable bonds is 1. The summed E-state index contributed by atoms with van der Waals surface area (Å²) in [7, 11) is 0. The predicted octanol–water partition coefficient (Wildman–Crippen LogP) is 2.56. The lowest BCUT2D eigenvalue weighted by Gasteiger charge is -2.24. The van der Waals surface area contributed by atoms with Crippen molar-refractivity contribution in [3.05, 3.63) is 34.6 Å². The number of hydrogen-bond donors (Lipinski definition) is 1. The smallest absolute Gasteiger partial charge is 0.129 e. The first-order chi connectivity index (χ1) is 6.77. The molecule has 0 aromatic heterocycles. The van der Waals surface area contributed by atoms with Crippen LogP contribution in [0.4, 0.5) is 4.39 Å². The molecule has 1 N–H and O–H groups in total. The summed E-state index contributed by atoms with van der Waals surface area (Å²) in [6, 6.07) is 4.66. The fourth-order valence-corrected chi connectivity index (χ4v) is 1.71. The molecule has 1 aromatic rings. The zero-order valence-corrected chi connectivity index (χ0v) is 9.58. The van der Waals surface area contributed by atoms with E-state index in [1.165, 1.54) is 6.07 Å². The lowest BCUT2D eigenvalue weighted by molar-refractivity contribution is 0.0757. The summed E-state index contributed by atoms with van der Waals surface area (Å²) in [4.78, 5) is 0. The van der Waals surface area contributed by atoms with Gasteiger partial charge in [-0.2, -0.15) is 0 Å². The van der Waals surface area contributed by atoms with E-state index >= 15 is 0 Å². The van der Waals surface area contributed by atoms with E-state index in [1.54, 1.807) is 12.1 Å². The van der Waals surface area contributed by atoms with Gasteiger partial charge in [0.25, 0.3) is 0 Å². The van der Waals surface area contributed by atoms with Crippen LogP contribution < -0.4 is 5.32 Å². The first kappa shape index (κ1) is 12.7. The van der Waals surface area contributed by atoms with Gasteiger partial charge in [-0.1, -0.05) is 17.7 Å². The molecule has 1 saturated heterocycles. The SMILES string of the molecule is Cl.Fc1cc(Cl)ccc1[C@H]1COCCN1. The lowest BCUT2D eigenvalue weighted by atomic mass is 10.1. The fraction of sp³-hybridized carbons (Fsp3) is 0.400. The summed E-state index contributed by atoms with van der Waals surface area (Å²) < 4.78 is 18.7. The predicted molar refractivity (Wildman–Crippen MR) is 60.2 cm³/mol. The second-order valence-corrected chi connectivity index (χ2v) is 3.68. The minimum Gasteiger partial charge on any atom is -0.378 e. The molecule has 2 nitrogen and oxygen atoms in total. The molecular formula is C10H12Cl2FNO. The van der Waals surface area contributed by atoms with Crippen LogP contribution in [0.3, 0.4) is 0 Å². The summed E-state index contributed by atoms with van der Waals surface area (Å²) in [5.41, 5.74) is 0.620. The maximum Gasteiger partial charge on any atom is 0.129 e. The van der Waals surface area contributed by atoms with E-state index in [9.17, 15) is 4.39 Å². The summed E-state index contributed by atoms with van der Waals surface area (Å²) >= 11 is 5.66. The van der Waals surface area contributed by atoms with Gasteiger partial charge in [0.15, 0.2) is 0 Å². The Morgan fingerprint density at radius 3 is 2.87 bits per heavy atom. The minimum atomic E-state index is -0.277. The maximum atomic E-state index is 13.5. The van der Waals surface area contributed by atoms with Crippen molar-refractivity contribution in [3.8, 4) is 0 Å². The molecule has 2 rings (SSSR count). The third kappa shape index (κ3) is 3.05. The fourth-order valence-electron chi connectivity index (χ4n) is 1.55. The molecule has 15 heavy (non-hydrogen) atoms. The third-order valence-electron chi connectivity index (χ3n) is 2.26.